The molecule has 3 N–H and O–H groups in total. The summed E-state index contributed by atoms with van der Waals surface area (Å²) in [4.78, 5) is 51.6. The normalized spacial score (nSPS) is 39.5. The van der Waals surface area contributed by atoms with E-state index in [1.165, 1.54) is 0 Å². The van der Waals surface area contributed by atoms with Crippen LogP contribution in [0.3, 0.4) is 0 Å². The number of fused-ring (bicyclic) bond motifs is 1. The van der Waals surface area contributed by atoms with Crippen LogP contribution < -0.4 is 0 Å². The van der Waals surface area contributed by atoms with Crippen molar-refractivity contribution in [1.29, 1.82) is 0 Å². The molecular weight excluding hydrogens is 532 g/mol. The van der Waals surface area contributed by atoms with Gasteiger partial charge in [0.1, 0.15) is 5.57 Å². The molecule has 2 aliphatic carbocycles. The van der Waals surface area contributed by atoms with E-state index in [-0.39, 0.29) is 28.9 Å². The summed E-state index contributed by atoms with van der Waals surface area (Å²) in [6.45, 7) is 5.83. The van der Waals surface area contributed by atoms with Crippen molar-refractivity contribution < 1.29 is 39.2 Å². The number of carbonyl (C=O) groups excluding carboxylic acids is 3. The molecule has 40 heavy (non-hydrogen) atoms. The SMILES string of the molecule is CC1=CC2C/C=C/C=C\CC(O)C/C=C/CC(C)[C@H]3[C@@H](C(=O)C(=O)O)SC[C@H]3C(=O)C3=C(O)C2(CC1C)OC3=O. The zero-order valence-corrected chi connectivity index (χ0v) is 23.9. The molecule has 0 radical (unpaired) electrons. The minimum Gasteiger partial charge on any atom is -0.507 e. The fourth-order valence-corrected chi connectivity index (χ4v) is 8.12. The van der Waals surface area contributed by atoms with Crippen LogP contribution in [0.4, 0.5) is 0 Å². The lowest BCUT2D eigenvalue weighted by Crippen LogP contribution is -2.44. The number of hydrogen-bond donors (Lipinski definition) is 3. The van der Waals surface area contributed by atoms with Crippen LogP contribution in [-0.2, 0) is 23.9 Å². The van der Waals surface area contributed by atoms with Crippen molar-refractivity contribution >= 4 is 35.3 Å². The second-order valence-electron chi connectivity index (χ2n) is 11.5. The number of aliphatic hydroxyl groups excluding tert-OH is 2. The maximum Gasteiger partial charge on any atom is 0.373 e. The summed E-state index contributed by atoms with van der Waals surface area (Å²) in [5.41, 5.74) is -0.648. The van der Waals surface area contributed by atoms with Crippen molar-refractivity contribution in [3.63, 3.8) is 0 Å². The van der Waals surface area contributed by atoms with Gasteiger partial charge in [0.05, 0.1) is 11.4 Å². The van der Waals surface area contributed by atoms with Gasteiger partial charge in [0.2, 0.25) is 0 Å². The van der Waals surface area contributed by atoms with E-state index in [0.717, 1.165) is 17.3 Å². The Bertz CT molecular complexity index is 1210. The number of rotatable bonds is 2. The fourth-order valence-electron chi connectivity index (χ4n) is 6.40. The van der Waals surface area contributed by atoms with Crippen molar-refractivity contribution in [2.24, 2.45) is 29.6 Å². The molecule has 8 atom stereocenters. The number of carbonyl (C=O) groups is 4. The first-order valence-electron chi connectivity index (χ1n) is 13.9. The second kappa shape index (κ2) is 12.3. The number of ether oxygens (including phenoxy) is 1. The van der Waals surface area contributed by atoms with Crippen LogP contribution in [0.15, 0.2) is 59.4 Å². The molecule has 216 valence electrons. The van der Waals surface area contributed by atoms with Gasteiger partial charge in [0.15, 0.2) is 17.1 Å². The number of Topliss-reactive ketones (excluding diaryl/α,β-unsaturated/α-hetero) is 2. The van der Waals surface area contributed by atoms with Gasteiger partial charge in [-0.1, -0.05) is 62.0 Å². The Balaban J connectivity index is 1.79. The number of thioether (sulfide) groups is 1. The molecule has 1 spiro atoms. The molecule has 0 aromatic heterocycles. The average molecular weight is 571 g/mol. The van der Waals surface area contributed by atoms with Crippen LogP contribution in [0.5, 0.6) is 0 Å². The molecular formula is C31H38O8S. The topological polar surface area (TPSA) is 138 Å². The molecule has 2 bridgehead atoms. The third-order valence-electron chi connectivity index (χ3n) is 8.81. The van der Waals surface area contributed by atoms with Crippen LogP contribution in [0.1, 0.15) is 52.9 Å². The lowest BCUT2D eigenvalue weighted by molar-refractivity contribution is -0.154. The summed E-state index contributed by atoms with van der Waals surface area (Å²) in [5.74, 6) is -6.37. The average Bonchev–Trinajstić information content (AvgIpc) is 3.44. The summed E-state index contributed by atoms with van der Waals surface area (Å²) in [5, 5.41) is 30.4. The van der Waals surface area contributed by atoms with Gasteiger partial charge in [-0.25, -0.2) is 9.59 Å². The van der Waals surface area contributed by atoms with Crippen molar-refractivity contribution in [2.45, 2.75) is 69.8 Å². The summed E-state index contributed by atoms with van der Waals surface area (Å²) >= 11 is 1.11. The summed E-state index contributed by atoms with van der Waals surface area (Å²) < 4.78 is 5.91. The van der Waals surface area contributed by atoms with Crippen molar-refractivity contribution in [1.82, 2.24) is 0 Å². The minimum atomic E-state index is -1.56. The van der Waals surface area contributed by atoms with Gasteiger partial charge in [0.25, 0.3) is 5.78 Å². The van der Waals surface area contributed by atoms with E-state index in [1.54, 1.807) is 0 Å². The standard InChI is InChI=1S/C31H38O8S/c1-17-10-8-9-13-21(32)12-7-5-4-6-11-20-14-18(2)19(3)15-31(20)28(35)24(30(38)39-31)25(33)22-16-40-27(23(17)22)26(34)29(36)37/h4-9,14,17,19-23,27,32,35H,10-13,15-16H2,1-3H3,(H,36,37)/b6-4+,7-5-,9-8+/t17?,19?,20?,21?,22-,23-,27+,31?/m1/s1. The number of ketones is 2. The highest BCUT2D eigenvalue weighted by molar-refractivity contribution is 8.01. The maximum absolute atomic E-state index is 14.0. The second-order valence-corrected chi connectivity index (χ2v) is 12.7. The Labute approximate surface area is 238 Å². The van der Waals surface area contributed by atoms with Gasteiger partial charge < -0.3 is 20.1 Å². The zero-order chi connectivity index (χ0) is 29.2. The Morgan fingerprint density at radius 3 is 2.38 bits per heavy atom. The first-order chi connectivity index (χ1) is 19.0. The highest BCUT2D eigenvalue weighted by Gasteiger charge is 2.58. The number of carboxylic acid groups (broad SMARTS) is 1. The smallest absolute Gasteiger partial charge is 0.373 e. The van der Waals surface area contributed by atoms with Gasteiger partial charge in [-0.2, -0.15) is 0 Å². The lowest BCUT2D eigenvalue weighted by atomic mass is 9.69. The van der Waals surface area contributed by atoms with Gasteiger partial charge in [-0.15, -0.1) is 11.8 Å². The molecule has 8 nitrogen and oxygen atoms in total. The summed E-state index contributed by atoms with van der Waals surface area (Å²) in [7, 11) is 0. The Morgan fingerprint density at radius 1 is 1.02 bits per heavy atom. The van der Waals surface area contributed by atoms with Gasteiger partial charge in [0, 0.05) is 24.0 Å². The first kappa shape index (κ1) is 30.1. The highest BCUT2D eigenvalue weighted by Crippen LogP contribution is 2.51. The van der Waals surface area contributed by atoms with Gasteiger partial charge >= 0.3 is 11.9 Å². The summed E-state index contributed by atoms with van der Waals surface area (Å²) in [6, 6.07) is 0. The molecule has 0 amide bonds. The number of carboxylic acids is 1. The van der Waals surface area contributed by atoms with E-state index in [9.17, 15) is 34.5 Å². The van der Waals surface area contributed by atoms with Gasteiger partial charge in [-0.3, -0.25) is 9.59 Å². The predicted octanol–water partition coefficient (Wildman–Crippen LogP) is 4.51. The molecule has 2 heterocycles. The number of esters is 1. The van der Waals surface area contributed by atoms with Crippen LogP contribution in [0.2, 0.25) is 0 Å². The van der Waals surface area contributed by atoms with Gasteiger partial charge in [-0.05, 0) is 50.4 Å². The van der Waals surface area contributed by atoms with E-state index in [0.29, 0.717) is 32.1 Å². The van der Waals surface area contributed by atoms with E-state index < -0.39 is 58.2 Å². The monoisotopic (exact) mass is 570 g/mol. The first-order valence-corrected chi connectivity index (χ1v) is 15.0. The molecule has 9 heteroatoms. The third kappa shape index (κ3) is 5.77. The quantitative estimate of drug-likeness (QED) is 0.189. The Hall–Kier alpha value is -2.91. The molecule has 0 saturated carbocycles. The fraction of sp³-hybridized carbons (Fsp3) is 0.548. The molecule has 5 unspecified atom stereocenters. The molecule has 4 aliphatic rings. The van der Waals surface area contributed by atoms with Crippen LogP contribution >= 0.6 is 11.8 Å². The zero-order valence-electron chi connectivity index (χ0n) is 23.1. The highest BCUT2D eigenvalue weighted by atomic mass is 32.2. The van der Waals surface area contributed by atoms with E-state index in [4.69, 9.17) is 4.74 Å². The molecule has 1 saturated heterocycles. The minimum absolute atomic E-state index is 0.00628. The van der Waals surface area contributed by atoms with Crippen LogP contribution in [-0.4, -0.2) is 61.5 Å². The predicted molar refractivity (Wildman–Crippen MR) is 151 cm³/mol. The van der Waals surface area contributed by atoms with Crippen molar-refractivity contribution in [3.8, 4) is 0 Å². The molecule has 0 aromatic rings. The Kier molecular flexibility index (Phi) is 9.25. The van der Waals surface area contributed by atoms with Crippen LogP contribution in [0, 0.1) is 29.6 Å². The molecule has 2 aliphatic heterocycles. The van der Waals surface area contributed by atoms with E-state index in [1.807, 2.05) is 63.3 Å². The van der Waals surface area contributed by atoms with Crippen LogP contribution in [0.25, 0.3) is 0 Å². The van der Waals surface area contributed by atoms with E-state index in [2.05, 4.69) is 0 Å². The largest absolute Gasteiger partial charge is 0.507 e. The summed E-state index contributed by atoms with van der Waals surface area (Å²) in [6.07, 6.45) is 14.8. The third-order valence-corrected chi connectivity index (χ3v) is 10.2. The Morgan fingerprint density at radius 2 is 1.68 bits per heavy atom. The van der Waals surface area contributed by atoms with E-state index >= 15 is 0 Å². The van der Waals surface area contributed by atoms with Crippen molar-refractivity contribution in [2.75, 3.05) is 5.75 Å². The maximum atomic E-state index is 14.0. The number of aliphatic hydroxyl groups is 2. The number of hydrogen-bond acceptors (Lipinski definition) is 8. The van der Waals surface area contributed by atoms with Crippen molar-refractivity contribution in [3.05, 3.63) is 59.4 Å². The lowest BCUT2D eigenvalue weighted by Gasteiger charge is -2.40. The molecule has 1 fully saturated rings. The molecule has 4 rings (SSSR count). The molecule has 0 aromatic carbocycles. The number of allylic oxidation sites excluding steroid dienone is 5. The number of aliphatic carboxylic acids is 1.